The molecule has 4 rings (SSSR count). The molecule has 3 aromatic rings. The third-order valence-electron chi connectivity index (χ3n) is 7.50. The Balaban J connectivity index is 1.71. The van der Waals surface area contributed by atoms with Crippen LogP contribution in [0.3, 0.4) is 0 Å². The molecule has 1 unspecified atom stereocenters. The Hall–Kier alpha value is -3.37. The van der Waals surface area contributed by atoms with E-state index in [4.69, 9.17) is 4.74 Å². The number of halogens is 1. The number of amides is 2. The molecule has 0 bridgehead atoms. The highest BCUT2D eigenvalue weighted by Gasteiger charge is 2.34. The first-order chi connectivity index (χ1) is 20.1. The fourth-order valence-corrected chi connectivity index (χ4v) is 6.59. The topological polar surface area (TPSA) is 96.0 Å². The number of carbonyl (C=O) groups excluding carboxylic acids is 2. The highest BCUT2D eigenvalue weighted by atomic mass is 79.9. The van der Waals surface area contributed by atoms with E-state index in [1.165, 1.54) is 12.0 Å². The lowest BCUT2D eigenvalue weighted by Gasteiger charge is -2.35. The van der Waals surface area contributed by atoms with Gasteiger partial charge >= 0.3 is 0 Å². The number of hydrogen-bond acceptors (Lipinski definition) is 5. The van der Waals surface area contributed by atoms with Crippen LogP contribution < -0.4 is 14.4 Å². The summed E-state index contributed by atoms with van der Waals surface area (Å²) >= 11 is 3.50. The Labute approximate surface area is 257 Å². The summed E-state index contributed by atoms with van der Waals surface area (Å²) in [6.07, 6.45) is 6.44. The van der Waals surface area contributed by atoms with Crippen molar-refractivity contribution >= 4 is 43.5 Å². The maximum atomic E-state index is 14.2. The van der Waals surface area contributed by atoms with Crippen LogP contribution in [0.4, 0.5) is 5.69 Å². The van der Waals surface area contributed by atoms with Gasteiger partial charge < -0.3 is 15.0 Å². The molecule has 3 aromatic carbocycles. The zero-order valence-corrected chi connectivity index (χ0v) is 26.4. The summed E-state index contributed by atoms with van der Waals surface area (Å²) in [7, 11) is -2.31. The van der Waals surface area contributed by atoms with Crippen LogP contribution in [-0.2, 0) is 32.6 Å². The van der Waals surface area contributed by atoms with Gasteiger partial charge in [0.05, 0.1) is 19.1 Å². The second-order valence-corrected chi connectivity index (χ2v) is 13.5. The molecule has 0 radical (unpaired) electrons. The minimum Gasteiger partial charge on any atom is -0.497 e. The minimum atomic E-state index is -3.84. The zero-order chi connectivity index (χ0) is 30.1. The van der Waals surface area contributed by atoms with Crippen LogP contribution in [0.1, 0.15) is 43.2 Å². The van der Waals surface area contributed by atoms with Crippen LogP contribution in [0.15, 0.2) is 83.3 Å². The molecule has 2 amide bonds. The van der Waals surface area contributed by atoms with Gasteiger partial charge in [0.1, 0.15) is 18.3 Å². The first-order valence-electron chi connectivity index (χ1n) is 14.1. The van der Waals surface area contributed by atoms with Crippen molar-refractivity contribution < 1.29 is 22.7 Å². The third-order valence-corrected chi connectivity index (χ3v) is 9.14. The van der Waals surface area contributed by atoms with Crippen molar-refractivity contribution in [1.29, 1.82) is 0 Å². The fourth-order valence-electron chi connectivity index (χ4n) is 5.29. The van der Waals surface area contributed by atoms with Crippen LogP contribution in [0, 0.1) is 0 Å². The van der Waals surface area contributed by atoms with E-state index in [9.17, 15) is 18.0 Å². The smallest absolute Gasteiger partial charge is 0.244 e. The molecule has 1 N–H and O–H groups in total. The highest BCUT2D eigenvalue weighted by Crippen LogP contribution is 2.24. The lowest BCUT2D eigenvalue weighted by molar-refractivity contribution is -0.140. The summed E-state index contributed by atoms with van der Waals surface area (Å²) in [5, 5.41) is 3.21. The van der Waals surface area contributed by atoms with E-state index >= 15 is 0 Å². The Morgan fingerprint density at radius 2 is 1.62 bits per heavy atom. The number of hydrogen-bond donors (Lipinski definition) is 1. The molecule has 1 atom stereocenters. The van der Waals surface area contributed by atoms with Gasteiger partial charge in [-0.2, -0.15) is 0 Å². The van der Waals surface area contributed by atoms with Crippen molar-refractivity contribution in [1.82, 2.24) is 10.2 Å². The first-order valence-corrected chi connectivity index (χ1v) is 16.8. The molecule has 224 valence electrons. The Kier molecular flexibility index (Phi) is 11.0. The molecule has 8 nitrogen and oxygen atoms in total. The number of methoxy groups -OCH3 is 1. The molecule has 1 aliphatic rings. The maximum absolute atomic E-state index is 14.2. The fraction of sp³-hybridized carbons (Fsp3) is 0.375. The summed E-state index contributed by atoms with van der Waals surface area (Å²) < 4.78 is 33.0. The van der Waals surface area contributed by atoms with Gasteiger partial charge in [0, 0.05) is 23.5 Å². The van der Waals surface area contributed by atoms with E-state index in [1.54, 1.807) is 24.3 Å². The van der Waals surface area contributed by atoms with Gasteiger partial charge in [0.15, 0.2) is 0 Å². The third kappa shape index (κ3) is 8.82. The van der Waals surface area contributed by atoms with Crippen LogP contribution in [0.25, 0.3) is 0 Å². The highest BCUT2D eigenvalue weighted by molar-refractivity contribution is 9.10. The molecule has 1 fully saturated rings. The van der Waals surface area contributed by atoms with Crippen molar-refractivity contribution in [2.45, 2.75) is 57.2 Å². The zero-order valence-electron chi connectivity index (χ0n) is 24.0. The van der Waals surface area contributed by atoms with E-state index in [2.05, 4.69) is 21.2 Å². The SMILES string of the molecule is COc1ccc(N(CC(=O)N(Cc2cccc(Br)c2)C(Cc2ccccc2)C(=O)NC2CCCCC2)S(C)(=O)=O)cc1. The summed E-state index contributed by atoms with van der Waals surface area (Å²) in [5.41, 5.74) is 2.06. The van der Waals surface area contributed by atoms with Crippen LogP contribution in [-0.4, -0.2) is 57.1 Å². The number of carbonyl (C=O) groups is 2. The van der Waals surface area contributed by atoms with Gasteiger partial charge in [-0.15, -0.1) is 0 Å². The largest absolute Gasteiger partial charge is 0.497 e. The lowest BCUT2D eigenvalue weighted by atomic mass is 9.94. The molecule has 0 spiro atoms. The van der Waals surface area contributed by atoms with Gasteiger partial charge in [-0.05, 0) is 60.4 Å². The number of nitrogens with zero attached hydrogens (tertiary/aromatic N) is 2. The van der Waals surface area contributed by atoms with E-state index in [-0.39, 0.29) is 18.5 Å². The number of ether oxygens (including phenoxy) is 1. The summed E-state index contributed by atoms with van der Waals surface area (Å²) in [5.74, 6) is -0.141. The molecule has 0 aliphatic heterocycles. The number of benzene rings is 3. The van der Waals surface area contributed by atoms with Gasteiger partial charge in [0.25, 0.3) is 0 Å². The van der Waals surface area contributed by atoms with Crippen LogP contribution in [0.5, 0.6) is 5.75 Å². The van der Waals surface area contributed by atoms with Crippen molar-refractivity contribution in [3.63, 3.8) is 0 Å². The predicted octanol–water partition coefficient (Wildman–Crippen LogP) is 5.31. The molecule has 0 aromatic heterocycles. The number of rotatable bonds is 12. The Morgan fingerprint density at radius 1 is 0.952 bits per heavy atom. The van der Waals surface area contributed by atoms with Gasteiger partial charge in [-0.3, -0.25) is 13.9 Å². The summed E-state index contributed by atoms with van der Waals surface area (Å²) in [4.78, 5) is 29.7. The van der Waals surface area contributed by atoms with Crippen molar-refractivity contribution in [2.75, 3.05) is 24.2 Å². The van der Waals surface area contributed by atoms with Gasteiger partial charge in [0.2, 0.25) is 21.8 Å². The van der Waals surface area contributed by atoms with Gasteiger partial charge in [-0.25, -0.2) is 8.42 Å². The molecule has 1 saturated carbocycles. The van der Waals surface area contributed by atoms with E-state index < -0.39 is 28.5 Å². The Bertz CT molecular complexity index is 1440. The number of sulfonamides is 1. The first kappa shape index (κ1) is 31.6. The molecule has 1 aliphatic carbocycles. The second-order valence-electron chi connectivity index (χ2n) is 10.7. The Morgan fingerprint density at radius 3 is 2.24 bits per heavy atom. The van der Waals surface area contributed by atoms with Gasteiger partial charge in [-0.1, -0.05) is 77.7 Å². The molecule has 10 heteroatoms. The molecule has 42 heavy (non-hydrogen) atoms. The average Bonchev–Trinajstić information content (AvgIpc) is 2.98. The van der Waals surface area contributed by atoms with Crippen LogP contribution >= 0.6 is 15.9 Å². The molecular formula is C32H38BrN3O5S. The number of anilines is 1. The summed E-state index contributed by atoms with van der Waals surface area (Å²) in [6, 6.07) is 22.8. The van der Waals surface area contributed by atoms with Crippen LogP contribution in [0.2, 0.25) is 0 Å². The predicted molar refractivity (Wildman–Crippen MR) is 169 cm³/mol. The van der Waals surface area contributed by atoms with E-state index in [0.29, 0.717) is 17.9 Å². The van der Waals surface area contributed by atoms with Crippen molar-refractivity contribution in [3.05, 3.63) is 94.5 Å². The minimum absolute atomic E-state index is 0.0548. The summed E-state index contributed by atoms with van der Waals surface area (Å²) in [6.45, 7) is -0.324. The normalized spacial score (nSPS) is 14.5. The quantitative estimate of drug-likeness (QED) is 0.285. The number of nitrogens with one attached hydrogen (secondary N) is 1. The van der Waals surface area contributed by atoms with E-state index in [0.717, 1.165) is 58.3 Å². The molecular weight excluding hydrogens is 618 g/mol. The second kappa shape index (κ2) is 14.7. The van der Waals surface area contributed by atoms with E-state index in [1.807, 2.05) is 54.6 Å². The monoisotopic (exact) mass is 655 g/mol. The molecule has 0 heterocycles. The lowest BCUT2D eigenvalue weighted by Crippen LogP contribution is -2.55. The van der Waals surface area contributed by atoms with Crippen molar-refractivity contribution in [3.8, 4) is 5.75 Å². The standard InChI is InChI=1S/C32H38BrN3O5S/c1-41-29-18-16-28(17-19-29)36(42(2,39)40)23-31(37)35(22-25-12-9-13-26(33)20-25)30(21-24-10-5-3-6-11-24)32(38)34-27-14-7-4-8-15-27/h3,5-6,9-13,16-20,27,30H,4,7-8,14-15,21-23H2,1-2H3,(H,34,38). The maximum Gasteiger partial charge on any atom is 0.244 e. The molecule has 0 saturated heterocycles. The average molecular weight is 657 g/mol. The van der Waals surface area contributed by atoms with Crippen molar-refractivity contribution in [2.24, 2.45) is 0 Å².